The second-order valence-electron chi connectivity index (χ2n) is 6.19. The number of aryl methyl sites for hydroxylation is 2. The first-order valence-corrected chi connectivity index (χ1v) is 8.35. The van der Waals surface area contributed by atoms with E-state index < -0.39 is 0 Å². The van der Waals surface area contributed by atoms with Crippen molar-refractivity contribution in [2.75, 3.05) is 10.6 Å². The molecule has 1 amide bonds. The van der Waals surface area contributed by atoms with Gasteiger partial charge in [0.25, 0.3) is 0 Å². The van der Waals surface area contributed by atoms with Crippen molar-refractivity contribution in [1.82, 2.24) is 4.98 Å². The maximum Gasteiger partial charge on any atom is 0.230 e. The summed E-state index contributed by atoms with van der Waals surface area (Å²) >= 11 is 0. The number of anilines is 3. The van der Waals surface area contributed by atoms with Gasteiger partial charge in [-0.25, -0.2) is 9.37 Å². The summed E-state index contributed by atoms with van der Waals surface area (Å²) in [6.45, 7) is 4.07. The van der Waals surface area contributed by atoms with Crippen LogP contribution in [0.5, 0.6) is 0 Å². The third-order valence-corrected chi connectivity index (χ3v) is 4.01. The lowest BCUT2D eigenvalue weighted by Crippen LogP contribution is -2.16. The van der Waals surface area contributed by atoms with Crippen molar-refractivity contribution < 1.29 is 9.18 Å². The number of rotatable bonds is 5. The maximum absolute atomic E-state index is 13.6. The first-order valence-electron chi connectivity index (χ1n) is 8.35. The number of carbonyl (C=O) groups excluding carboxylic acids is 1. The third kappa shape index (κ3) is 4.45. The molecule has 3 rings (SSSR count). The highest BCUT2D eigenvalue weighted by molar-refractivity contribution is 5.91. The molecule has 0 bridgehead atoms. The van der Waals surface area contributed by atoms with Crippen molar-refractivity contribution in [2.24, 2.45) is 0 Å². The maximum atomic E-state index is 13.6. The van der Waals surface area contributed by atoms with Gasteiger partial charge in [0, 0.05) is 5.69 Å². The van der Waals surface area contributed by atoms with Crippen LogP contribution >= 0.6 is 0 Å². The Morgan fingerprint density at radius 2 is 1.88 bits per heavy atom. The molecule has 132 valence electrons. The molecule has 0 saturated heterocycles. The fraction of sp³-hybridized carbons (Fsp3) is 0.143. The Morgan fingerprint density at radius 3 is 2.62 bits per heavy atom. The average Bonchev–Trinajstić information content (AvgIpc) is 2.62. The van der Waals surface area contributed by atoms with E-state index in [1.165, 1.54) is 11.6 Å². The first kappa shape index (κ1) is 17.6. The molecule has 0 aliphatic rings. The lowest BCUT2D eigenvalue weighted by atomic mass is 10.1. The van der Waals surface area contributed by atoms with Crippen LogP contribution in [0.4, 0.5) is 21.6 Å². The Balaban J connectivity index is 1.63. The molecule has 1 aromatic heterocycles. The van der Waals surface area contributed by atoms with Crippen LogP contribution in [0.25, 0.3) is 0 Å². The van der Waals surface area contributed by atoms with Crippen LogP contribution in [-0.2, 0) is 11.2 Å². The summed E-state index contributed by atoms with van der Waals surface area (Å²) in [6, 6.07) is 16.0. The zero-order valence-electron chi connectivity index (χ0n) is 14.7. The van der Waals surface area contributed by atoms with Crippen LogP contribution in [0, 0.1) is 19.7 Å². The Labute approximate surface area is 152 Å². The Morgan fingerprint density at radius 1 is 1.08 bits per heavy atom. The smallest absolute Gasteiger partial charge is 0.230 e. The van der Waals surface area contributed by atoms with Crippen LogP contribution < -0.4 is 10.6 Å². The van der Waals surface area contributed by atoms with E-state index in [1.807, 2.05) is 19.9 Å². The predicted molar refractivity (Wildman–Crippen MR) is 102 cm³/mol. The van der Waals surface area contributed by atoms with Gasteiger partial charge in [0.05, 0.1) is 18.3 Å². The highest BCUT2D eigenvalue weighted by Gasteiger charge is 2.08. The van der Waals surface area contributed by atoms with E-state index in [2.05, 4.69) is 33.8 Å². The summed E-state index contributed by atoms with van der Waals surface area (Å²) in [5.41, 5.74) is 4.51. The van der Waals surface area contributed by atoms with Crippen LogP contribution in [0.2, 0.25) is 0 Å². The van der Waals surface area contributed by atoms with Crippen LogP contribution in [0.15, 0.2) is 60.8 Å². The van der Waals surface area contributed by atoms with Gasteiger partial charge in [-0.15, -0.1) is 0 Å². The number of benzene rings is 2. The second-order valence-corrected chi connectivity index (χ2v) is 6.19. The highest BCUT2D eigenvalue weighted by atomic mass is 19.1. The van der Waals surface area contributed by atoms with Gasteiger partial charge in [0.2, 0.25) is 5.91 Å². The van der Waals surface area contributed by atoms with Gasteiger partial charge in [-0.3, -0.25) is 4.79 Å². The quantitative estimate of drug-likeness (QED) is 0.698. The van der Waals surface area contributed by atoms with E-state index in [4.69, 9.17) is 0 Å². The summed E-state index contributed by atoms with van der Waals surface area (Å²) in [7, 11) is 0. The average molecular weight is 349 g/mol. The molecule has 0 unspecified atom stereocenters. The van der Waals surface area contributed by atoms with E-state index in [0.717, 1.165) is 16.9 Å². The van der Waals surface area contributed by atoms with Gasteiger partial charge in [-0.2, -0.15) is 0 Å². The molecule has 0 spiro atoms. The Kier molecular flexibility index (Phi) is 5.27. The summed E-state index contributed by atoms with van der Waals surface area (Å²) in [5, 5.41) is 6.00. The van der Waals surface area contributed by atoms with Gasteiger partial charge in [0.1, 0.15) is 11.6 Å². The molecule has 0 aliphatic heterocycles. The molecule has 1 heterocycles. The molecule has 3 aromatic rings. The molecular formula is C21H20FN3O. The van der Waals surface area contributed by atoms with E-state index in [0.29, 0.717) is 11.4 Å². The van der Waals surface area contributed by atoms with Crippen molar-refractivity contribution in [1.29, 1.82) is 0 Å². The molecule has 4 nitrogen and oxygen atoms in total. The number of nitrogens with one attached hydrogen (secondary N) is 2. The summed E-state index contributed by atoms with van der Waals surface area (Å²) in [5.74, 6) is -0.264. The van der Waals surface area contributed by atoms with Crippen molar-refractivity contribution in [3.63, 3.8) is 0 Å². The normalized spacial score (nSPS) is 10.4. The SMILES string of the molecule is Cc1ccc(C)c(Nc2ccc(NC(=O)Cc3ccccc3F)nc2)c1. The topological polar surface area (TPSA) is 54.0 Å². The minimum absolute atomic E-state index is 0.0309. The van der Waals surface area contributed by atoms with Gasteiger partial charge < -0.3 is 10.6 Å². The molecule has 0 radical (unpaired) electrons. The third-order valence-electron chi connectivity index (χ3n) is 4.01. The Bertz CT molecular complexity index is 923. The van der Waals surface area contributed by atoms with Gasteiger partial charge in [0.15, 0.2) is 0 Å². The number of hydrogen-bond acceptors (Lipinski definition) is 3. The number of nitrogens with zero attached hydrogens (tertiary/aromatic N) is 1. The predicted octanol–water partition coefficient (Wildman–Crippen LogP) is 4.76. The number of pyridine rings is 1. The first-order chi connectivity index (χ1) is 12.5. The summed E-state index contributed by atoms with van der Waals surface area (Å²) < 4.78 is 13.6. The molecule has 5 heteroatoms. The van der Waals surface area contributed by atoms with E-state index in [1.54, 1.807) is 30.5 Å². The van der Waals surface area contributed by atoms with Crippen LogP contribution in [0.3, 0.4) is 0 Å². The van der Waals surface area contributed by atoms with Crippen molar-refractivity contribution in [3.8, 4) is 0 Å². The zero-order chi connectivity index (χ0) is 18.5. The lowest BCUT2D eigenvalue weighted by Gasteiger charge is -2.11. The van der Waals surface area contributed by atoms with Crippen LogP contribution in [0.1, 0.15) is 16.7 Å². The monoisotopic (exact) mass is 349 g/mol. The highest BCUT2D eigenvalue weighted by Crippen LogP contribution is 2.22. The number of amides is 1. The largest absolute Gasteiger partial charge is 0.354 e. The van der Waals surface area contributed by atoms with Gasteiger partial charge >= 0.3 is 0 Å². The fourth-order valence-corrected chi connectivity index (χ4v) is 2.57. The molecular weight excluding hydrogens is 329 g/mol. The Hall–Kier alpha value is -3.21. The minimum Gasteiger partial charge on any atom is -0.354 e. The summed E-state index contributed by atoms with van der Waals surface area (Å²) in [4.78, 5) is 16.3. The summed E-state index contributed by atoms with van der Waals surface area (Å²) in [6.07, 6.45) is 1.62. The number of halogens is 1. The lowest BCUT2D eigenvalue weighted by molar-refractivity contribution is -0.115. The second kappa shape index (κ2) is 7.78. The standard InChI is InChI=1S/C21H20FN3O/c1-14-7-8-15(2)19(11-14)24-17-9-10-20(23-13-17)25-21(26)12-16-5-3-4-6-18(16)22/h3-11,13,24H,12H2,1-2H3,(H,23,25,26). The van der Waals surface area contributed by atoms with Gasteiger partial charge in [-0.05, 0) is 54.8 Å². The van der Waals surface area contributed by atoms with Gasteiger partial charge in [-0.1, -0.05) is 30.3 Å². The molecule has 0 saturated carbocycles. The molecule has 26 heavy (non-hydrogen) atoms. The van der Waals surface area contributed by atoms with Crippen LogP contribution in [-0.4, -0.2) is 10.9 Å². The molecule has 0 atom stereocenters. The van der Waals surface area contributed by atoms with E-state index in [-0.39, 0.29) is 18.1 Å². The fourth-order valence-electron chi connectivity index (χ4n) is 2.57. The molecule has 2 aromatic carbocycles. The zero-order valence-corrected chi connectivity index (χ0v) is 14.7. The number of carbonyl (C=O) groups is 1. The van der Waals surface area contributed by atoms with E-state index >= 15 is 0 Å². The molecule has 2 N–H and O–H groups in total. The minimum atomic E-state index is -0.385. The molecule has 0 fully saturated rings. The molecule has 0 aliphatic carbocycles. The number of aromatic nitrogens is 1. The van der Waals surface area contributed by atoms with E-state index in [9.17, 15) is 9.18 Å². The number of hydrogen-bond donors (Lipinski definition) is 2. The van der Waals surface area contributed by atoms with Crippen molar-refractivity contribution in [2.45, 2.75) is 20.3 Å². The van der Waals surface area contributed by atoms with Crippen molar-refractivity contribution in [3.05, 3.63) is 83.3 Å². The van der Waals surface area contributed by atoms with Crippen molar-refractivity contribution >= 4 is 23.1 Å².